The lowest BCUT2D eigenvalue weighted by molar-refractivity contribution is -0.140. The molecular weight excluding hydrogens is 266 g/mol. The zero-order valence-corrected chi connectivity index (χ0v) is 12.9. The van der Waals surface area contributed by atoms with Crippen LogP contribution in [0.4, 0.5) is 0 Å². The largest absolute Gasteiger partial charge is 0.469 e. The van der Waals surface area contributed by atoms with Gasteiger partial charge in [0.2, 0.25) is 5.91 Å². The highest BCUT2D eigenvalue weighted by Gasteiger charge is 2.10. The highest BCUT2D eigenvalue weighted by atomic mass is 16.5. The third-order valence-corrected chi connectivity index (χ3v) is 3.47. The molecule has 1 aromatic rings. The van der Waals surface area contributed by atoms with Gasteiger partial charge in [0.15, 0.2) is 0 Å². The molecule has 0 saturated carbocycles. The first kappa shape index (κ1) is 17.2. The van der Waals surface area contributed by atoms with Gasteiger partial charge in [-0.1, -0.05) is 43.7 Å². The number of benzene rings is 1. The van der Waals surface area contributed by atoms with Crippen molar-refractivity contribution >= 4 is 11.9 Å². The van der Waals surface area contributed by atoms with Gasteiger partial charge in [-0.15, -0.1) is 0 Å². The van der Waals surface area contributed by atoms with Gasteiger partial charge in [-0.2, -0.15) is 0 Å². The van der Waals surface area contributed by atoms with Crippen LogP contribution < -0.4 is 5.32 Å². The predicted octanol–water partition coefficient (Wildman–Crippen LogP) is 3.03. The Labute approximate surface area is 126 Å². The molecule has 1 unspecified atom stereocenters. The van der Waals surface area contributed by atoms with Gasteiger partial charge in [-0.3, -0.25) is 9.59 Å². The fourth-order valence-electron chi connectivity index (χ4n) is 2.15. The summed E-state index contributed by atoms with van der Waals surface area (Å²) >= 11 is 0. The van der Waals surface area contributed by atoms with Crippen molar-refractivity contribution in [3.8, 4) is 0 Å². The molecule has 116 valence electrons. The third-order valence-electron chi connectivity index (χ3n) is 3.47. The number of carbonyl (C=O) groups is 2. The van der Waals surface area contributed by atoms with E-state index in [4.69, 9.17) is 0 Å². The molecule has 0 saturated heterocycles. The Morgan fingerprint density at radius 2 is 1.86 bits per heavy atom. The molecule has 1 atom stereocenters. The number of amides is 1. The highest BCUT2D eigenvalue weighted by molar-refractivity contribution is 5.76. The minimum absolute atomic E-state index is 0.0827. The summed E-state index contributed by atoms with van der Waals surface area (Å²) in [5, 5.41) is 2.93. The van der Waals surface area contributed by atoms with Crippen LogP contribution in [0.1, 0.15) is 50.5 Å². The summed E-state index contributed by atoms with van der Waals surface area (Å²) in [6.07, 6.45) is 3.58. The van der Waals surface area contributed by atoms with E-state index in [2.05, 4.69) is 17.0 Å². The van der Waals surface area contributed by atoms with Crippen molar-refractivity contribution in [1.29, 1.82) is 0 Å². The molecule has 0 spiro atoms. The maximum absolute atomic E-state index is 11.8. The van der Waals surface area contributed by atoms with Gasteiger partial charge in [0, 0.05) is 19.4 Å². The van der Waals surface area contributed by atoms with E-state index in [-0.39, 0.29) is 17.8 Å². The molecule has 0 aliphatic heterocycles. The Morgan fingerprint density at radius 3 is 2.52 bits per heavy atom. The monoisotopic (exact) mass is 291 g/mol. The molecular formula is C17H25NO3. The molecule has 0 heterocycles. The minimum Gasteiger partial charge on any atom is -0.469 e. The lowest BCUT2D eigenvalue weighted by atomic mass is 9.97. The molecule has 4 heteroatoms. The molecule has 1 aromatic carbocycles. The Kier molecular flexibility index (Phi) is 8.17. The van der Waals surface area contributed by atoms with Gasteiger partial charge in [0.25, 0.3) is 0 Å². The Bertz CT molecular complexity index is 431. The number of hydrogen-bond donors (Lipinski definition) is 1. The van der Waals surface area contributed by atoms with Crippen LogP contribution in [0.5, 0.6) is 0 Å². The fraction of sp³-hybridized carbons (Fsp3) is 0.529. The first-order chi connectivity index (χ1) is 10.1. The molecule has 0 bridgehead atoms. The fourth-order valence-corrected chi connectivity index (χ4v) is 2.15. The quantitative estimate of drug-likeness (QED) is 0.562. The number of carbonyl (C=O) groups excluding carboxylic acids is 2. The molecule has 0 fully saturated rings. The molecule has 0 aliphatic carbocycles. The second-order valence-corrected chi connectivity index (χ2v) is 5.25. The first-order valence-electron chi connectivity index (χ1n) is 7.52. The Morgan fingerprint density at radius 1 is 1.14 bits per heavy atom. The minimum atomic E-state index is -0.171. The van der Waals surface area contributed by atoms with Crippen molar-refractivity contribution in [3.63, 3.8) is 0 Å². The predicted molar refractivity (Wildman–Crippen MR) is 83.0 cm³/mol. The Hall–Kier alpha value is -1.84. The molecule has 1 rings (SSSR count). The van der Waals surface area contributed by atoms with Crippen LogP contribution in [-0.2, 0) is 14.3 Å². The molecule has 0 aromatic heterocycles. The van der Waals surface area contributed by atoms with E-state index < -0.39 is 0 Å². The maximum Gasteiger partial charge on any atom is 0.305 e. The van der Waals surface area contributed by atoms with Gasteiger partial charge >= 0.3 is 5.97 Å². The zero-order valence-electron chi connectivity index (χ0n) is 12.9. The van der Waals surface area contributed by atoms with Gasteiger partial charge in [-0.05, 0) is 24.3 Å². The molecule has 1 amide bonds. The van der Waals surface area contributed by atoms with Crippen molar-refractivity contribution in [2.24, 2.45) is 0 Å². The lowest BCUT2D eigenvalue weighted by Crippen LogP contribution is -2.25. The molecule has 0 radical (unpaired) electrons. The third kappa shape index (κ3) is 7.49. The summed E-state index contributed by atoms with van der Waals surface area (Å²) < 4.78 is 4.57. The van der Waals surface area contributed by atoms with E-state index in [1.165, 1.54) is 12.7 Å². The summed E-state index contributed by atoms with van der Waals surface area (Å²) in [4.78, 5) is 22.7. The van der Waals surface area contributed by atoms with Gasteiger partial charge in [0.1, 0.15) is 0 Å². The molecule has 4 nitrogen and oxygen atoms in total. The molecule has 1 N–H and O–H groups in total. The van der Waals surface area contributed by atoms with Crippen LogP contribution in [0.3, 0.4) is 0 Å². The Balaban J connectivity index is 2.10. The molecule has 21 heavy (non-hydrogen) atoms. The van der Waals surface area contributed by atoms with Crippen LogP contribution >= 0.6 is 0 Å². The van der Waals surface area contributed by atoms with Crippen LogP contribution in [0.15, 0.2) is 30.3 Å². The first-order valence-corrected chi connectivity index (χ1v) is 7.52. The molecule has 0 aliphatic rings. The van der Waals surface area contributed by atoms with Crippen molar-refractivity contribution in [3.05, 3.63) is 35.9 Å². The second kappa shape index (κ2) is 9.97. The number of esters is 1. The van der Waals surface area contributed by atoms with Gasteiger partial charge < -0.3 is 10.1 Å². The normalized spacial score (nSPS) is 11.7. The summed E-state index contributed by atoms with van der Waals surface area (Å²) in [6.45, 7) is 2.73. The van der Waals surface area contributed by atoms with Crippen LogP contribution in [-0.4, -0.2) is 25.5 Å². The van der Waals surface area contributed by atoms with Gasteiger partial charge in [0.05, 0.1) is 7.11 Å². The number of methoxy groups -OCH3 is 1. The van der Waals surface area contributed by atoms with E-state index in [0.717, 1.165) is 19.3 Å². The average molecular weight is 291 g/mol. The van der Waals surface area contributed by atoms with E-state index in [1.54, 1.807) is 0 Å². The van der Waals surface area contributed by atoms with Crippen LogP contribution in [0, 0.1) is 0 Å². The van der Waals surface area contributed by atoms with Crippen molar-refractivity contribution in [2.75, 3.05) is 13.7 Å². The van der Waals surface area contributed by atoms with Crippen LogP contribution in [0.25, 0.3) is 0 Å². The number of nitrogens with one attached hydrogen (secondary N) is 1. The zero-order chi connectivity index (χ0) is 15.5. The number of rotatable bonds is 9. The standard InChI is InChI=1S/C17H25NO3/c1-14(15-9-5-3-6-10-15)13-16(19)18-12-8-4-7-11-17(20)21-2/h3,5-6,9-10,14H,4,7-8,11-13H2,1-2H3,(H,18,19). The van der Waals surface area contributed by atoms with E-state index in [0.29, 0.717) is 19.4 Å². The van der Waals surface area contributed by atoms with E-state index in [1.807, 2.05) is 30.3 Å². The topological polar surface area (TPSA) is 55.4 Å². The van der Waals surface area contributed by atoms with E-state index in [9.17, 15) is 9.59 Å². The van der Waals surface area contributed by atoms with Crippen molar-refractivity contribution in [2.45, 2.75) is 44.9 Å². The maximum atomic E-state index is 11.8. The van der Waals surface area contributed by atoms with Crippen molar-refractivity contribution in [1.82, 2.24) is 5.32 Å². The summed E-state index contributed by atoms with van der Waals surface area (Å²) in [6, 6.07) is 10.1. The SMILES string of the molecule is COC(=O)CCCCCNC(=O)CC(C)c1ccccc1. The summed E-state index contributed by atoms with van der Waals surface area (Å²) in [5.41, 5.74) is 1.19. The van der Waals surface area contributed by atoms with E-state index >= 15 is 0 Å². The average Bonchev–Trinajstić information content (AvgIpc) is 2.51. The second-order valence-electron chi connectivity index (χ2n) is 5.25. The lowest BCUT2D eigenvalue weighted by Gasteiger charge is -2.11. The summed E-state index contributed by atoms with van der Waals surface area (Å²) in [7, 11) is 1.40. The number of ether oxygens (including phenoxy) is 1. The van der Waals surface area contributed by atoms with Gasteiger partial charge in [-0.25, -0.2) is 0 Å². The number of hydrogen-bond acceptors (Lipinski definition) is 3. The number of unbranched alkanes of at least 4 members (excludes halogenated alkanes) is 2. The summed E-state index contributed by atoms with van der Waals surface area (Å²) in [5.74, 6) is 0.139. The highest BCUT2D eigenvalue weighted by Crippen LogP contribution is 2.17. The van der Waals surface area contributed by atoms with Crippen molar-refractivity contribution < 1.29 is 14.3 Å². The smallest absolute Gasteiger partial charge is 0.305 e. The van der Waals surface area contributed by atoms with Crippen LogP contribution in [0.2, 0.25) is 0 Å².